The number of likely N-dealkylation sites (tertiary alicyclic amines) is 1. The van der Waals surface area contributed by atoms with Crippen LogP contribution in [0.3, 0.4) is 0 Å². The lowest BCUT2D eigenvalue weighted by Gasteiger charge is -2.38. The van der Waals surface area contributed by atoms with Gasteiger partial charge in [-0.1, -0.05) is 48.0 Å². The van der Waals surface area contributed by atoms with E-state index >= 15 is 0 Å². The molecule has 8 heteroatoms. The number of piperidine rings is 1. The van der Waals surface area contributed by atoms with E-state index in [0.29, 0.717) is 29.8 Å². The topological polar surface area (TPSA) is 71.7 Å². The number of anilines is 1. The molecule has 0 spiro atoms. The summed E-state index contributed by atoms with van der Waals surface area (Å²) in [6.45, 7) is 3.77. The molecule has 0 unspecified atom stereocenters. The van der Waals surface area contributed by atoms with E-state index in [2.05, 4.69) is 41.4 Å². The maximum atomic E-state index is 14.6. The number of amides is 2. The van der Waals surface area contributed by atoms with Gasteiger partial charge in [-0.05, 0) is 106 Å². The molecule has 1 saturated heterocycles. The van der Waals surface area contributed by atoms with Crippen molar-refractivity contribution in [3.8, 4) is 0 Å². The standard InChI is InChI=1S/C36H42ClN5O2/c1-40(2)23-26-18-28-19-30(37)12-13-34(28)42(24-26)36(44)33(20-29-22-39-32-11-7-6-10-31(29)32)38-21-25-14-16-41(17-15-25)35(43)27-8-4-3-5-9-27/h3-13,19,22,25-26,33,38-39H,14-18,20-21,23-24H2,1-2H3/t26-,33-/m1/s1. The van der Waals surface area contributed by atoms with E-state index in [4.69, 9.17) is 11.6 Å². The maximum absolute atomic E-state index is 14.6. The summed E-state index contributed by atoms with van der Waals surface area (Å²) < 4.78 is 0. The Morgan fingerprint density at radius 1 is 1.00 bits per heavy atom. The van der Waals surface area contributed by atoms with Crippen molar-refractivity contribution in [1.82, 2.24) is 20.1 Å². The lowest BCUT2D eigenvalue weighted by atomic mass is 9.90. The van der Waals surface area contributed by atoms with Crippen molar-refractivity contribution in [2.45, 2.75) is 31.7 Å². The number of halogens is 1. The molecule has 0 radical (unpaired) electrons. The average Bonchev–Trinajstić information content (AvgIpc) is 3.45. The molecule has 3 heterocycles. The summed E-state index contributed by atoms with van der Waals surface area (Å²) in [5, 5.41) is 5.57. The predicted molar refractivity (Wildman–Crippen MR) is 178 cm³/mol. The van der Waals surface area contributed by atoms with E-state index in [0.717, 1.165) is 78.7 Å². The van der Waals surface area contributed by atoms with Crippen LogP contribution in [-0.4, -0.2) is 79.5 Å². The monoisotopic (exact) mass is 611 g/mol. The summed E-state index contributed by atoms with van der Waals surface area (Å²) in [7, 11) is 4.17. The first-order valence-electron chi connectivity index (χ1n) is 15.7. The zero-order chi connectivity index (χ0) is 30.6. The van der Waals surface area contributed by atoms with Crippen LogP contribution in [0.1, 0.15) is 34.3 Å². The Labute approximate surface area is 265 Å². The van der Waals surface area contributed by atoms with Gasteiger partial charge < -0.3 is 25.0 Å². The van der Waals surface area contributed by atoms with Gasteiger partial charge in [0.25, 0.3) is 5.91 Å². The van der Waals surface area contributed by atoms with Gasteiger partial charge >= 0.3 is 0 Å². The van der Waals surface area contributed by atoms with Crippen LogP contribution in [-0.2, 0) is 17.6 Å². The second kappa shape index (κ2) is 13.6. The number of para-hydroxylation sites is 1. The van der Waals surface area contributed by atoms with Crippen molar-refractivity contribution in [2.75, 3.05) is 51.7 Å². The fourth-order valence-electron chi connectivity index (χ4n) is 6.93. The molecule has 1 aromatic heterocycles. The number of benzene rings is 3. The molecule has 44 heavy (non-hydrogen) atoms. The number of nitrogens with zero attached hydrogens (tertiary/aromatic N) is 3. The minimum atomic E-state index is -0.389. The van der Waals surface area contributed by atoms with Crippen LogP contribution in [0, 0.1) is 11.8 Å². The molecule has 2 N–H and O–H groups in total. The van der Waals surface area contributed by atoms with Gasteiger partial charge in [0.1, 0.15) is 0 Å². The smallest absolute Gasteiger partial charge is 0.253 e. The first-order chi connectivity index (χ1) is 21.4. The number of carbonyl (C=O) groups excluding carboxylic acids is 2. The van der Waals surface area contributed by atoms with E-state index in [9.17, 15) is 9.59 Å². The van der Waals surface area contributed by atoms with E-state index in [1.165, 1.54) is 0 Å². The van der Waals surface area contributed by atoms with Crippen molar-refractivity contribution in [3.63, 3.8) is 0 Å². The quantitative estimate of drug-likeness (QED) is 0.257. The van der Waals surface area contributed by atoms with E-state index in [-0.39, 0.29) is 17.9 Å². The number of rotatable bonds is 9. The van der Waals surface area contributed by atoms with E-state index < -0.39 is 0 Å². The fraction of sp³-hybridized carbons (Fsp3) is 0.389. The van der Waals surface area contributed by atoms with Gasteiger partial charge in [-0.25, -0.2) is 0 Å². The third-order valence-electron chi connectivity index (χ3n) is 9.14. The second-order valence-electron chi connectivity index (χ2n) is 12.7. The third-order valence-corrected chi connectivity index (χ3v) is 9.38. The van der Waals surface area contributed by atoms with E-state index in [1.54, 1.807) is 0 Å². The Kier molecular flexibility index (Phi) is 9.36. The molecular weight excluding hydrogens is 570 g/mol. The average molecular weight is 612 g/mol. The number of nitrogens with one attached hydrogen (secondary N) is 2. The van der Waals surface area contributed by atoms with Gasteiger partial charge in [0.15, 0.2) is 0 Å². The Morgan fingerprint density at radius 3 is 2.52 bits per heavy atom. The Bertz CT molecular complexity index is 1590. The van der Waals surface area contributed by atoms with Gasteiger partial charge in [0.05, 0.1) is 6.04 Å². The summed E-state index contributed by atoms with van der Waals surface area (Å²) in [6.07, 6.45) is 5.36. The molecule has 2 atom stereocenters. The molecule has 2 amide bonds. The van der Waals surface area contributed by atoms with Gasteiger partial charge in [-0.15, -0.1) is 0 Å². The largest absolute Gasteiger partial charge is 0.361 e. The SMILES string of the molecule is CN(C)C[C@H]1Cc2cc(Cl)ccc2N(C(=O)[C@@H](Cc2c[nH]c3ccccc23)NCC2CCN(C(=O)c3ccccc3)CC2)C1. The molecule has 0 aliphatic carbocycles. The fourth-order valence-corrected chi connectivity index (χ4v) is 7.12. The van der Waals surface area contributed by atoms with Crippen molar-refractivity contribution in [2.24, 2.45) is 11.8 Å². The summed E-state index contributed by atoms with van der Waals surface area (Å²) in [4.78, 5) is 37.1. The van der Waals surface area contributed by atoms with Crippen molar-refractivity contribution >= 4 is 40.0 Å². The Morgan fingerprint density at radius 2 is 1.75 bits per heavy atom. The first kappa shape index (κ1) is 30.4. The molecule has 230 valence electrons. The highest BCUT2D eigenvalue weighted by Crippen LogP contribution is 2.33. The summed E-state index contributed by atoms with van der Waals surface area (Å²) in [6, 6.07) is 23.3. The predicted octanol–water partition coefficient (Wildman–Crippen LogP) is 5.64. The van der Waals surface area contributed by atoms with Crippen LogP contribution in [0.2, 0.25) is 5.02 Å². The van der Waals surface area contributed by atoms with Crippen molar-refractivity contribution in [3.05, 3.63) is 101 Å². The summed E-state index contributed by atoms with van der Waals surface area (Å²) in [5.74, 6) is 0.904. The summed E-state index contributed by atoms with van der Waals surface area (Å²) >= 11 is 6.42. The summed E-state index contributed by atoms with van der Waals surface area (Å²) in [5.41, 5.74) is 5.04. The molecule has 4 aromatic rings. The molecule has 0 bridgehead atoms. The minimum absolute atomic E-state index is 0.0963. The van der Waals surface area contributed by atoms with Gasteiger partial charge in [-0.2, -0.15) is 0 Å². The van der Waals surface area contributed by atoms with Gasteiger partial charge in [0, 0.05) is 59.6 Å². The van der Waals surface area contributed by atoms with Crippen molar-refractivity contribution in [1.29, 1.82) is 0 Å². The maximum Gasteiger partial charge on any atom is 0.253 e. The number of aromatic amines is 1. The van der Waals surface area contributed by atoms with Crippen LogP contribution >= 0.6 is 11.6 Å². The van der Waals surface area contributed by atoms with Gasteiger partial charge in [0.2, 0.25) is 5.91 Å². The highest BCUT2D eigenvalue weighted by Gasteiger charge is 2.34. The third kappa shape index (κ3) is 6.85. The molecule has 1 fully saturated rings. The normalized spacial score (nSPS) is 18.0. The molecular formula is C36H42ClN5O2. The number of aromatic nitrogens is 1. The minimum Gasteiger partial charge on any atom is -0.361 e. The Balaban J connectivity index is 1.20. The second-order valence-corrected chi connectivity index (χ2v) is 13.1. The lowest BCUT2D eigenvalue weighted by Crippen LogP contribution is -2.53. The Hall–Kier alpha value is -3.65. The van der Waals surface area contributed by atoms with Crippen LogP contribution in [0.25, 0.3) is 10.9 Å². The molecule has 0 saturated carbocycles. The molecule has 7 nitrogen and oxygen atoms in total. The van der Waals surface area contributed by atoms with Crippen LogP contribution in [0.5, 0.6) is 0 Å². The highest BCUT2D eigenvalue weighted by atomic mass is 35.5. The van der Waals surface area contributed by atoms with Crippen LogP contribution < -0.4 is 10.2 Å². The zero-order valence-electron chi connectivity index (χ0n) is 25.6. The van der Waals surface area contributed by atoms with Crippen LogP contribution in [0.15, 0.2) is 79.0 Å². The first-order valence-corrected chi connectivity index (χ1v) is 16.1. The van der Waals surface area contributed by atoms with Gasteiger partial charge in [-0.3, -0.25) is 9.59 Å². The number of carbonyl (C=O) groups is 2. The number of H-pyrrole nitrogens is 1. The molecule has 6 rings (SSSR count). The van der Waals surface area contributed by atoms with Crippen molar-refractivity contribution < 1.29 is 9.59 Å². The number of hydrogen-bond donors (Lipinski definition) is 2. The molecule has 2 aliphatic heterocycles. The number of fused-ring (bicyclic) bond motifs is 2. The molecule has 2 aliphatic rings. The lowest BCUT2D eigenvalue weighted by molar-refractivity contribution is -0.121. The molecule has 3 aromatic carbocycles. The van der Waals surface area contributed by atoms with E-state index in [1.807, 2.05) is 76.7 Å². The zero-order valence-corrected chi connectivity index (χ0v) is 26.4. The van der Waals surface area contributed by atoms with Crippen LogP contribution in [0.4, 0.5) is 5.69 Å². The highest BCUT2D eigenvalue weighted by molar-refractivity contribution is 6.30. The number of hydrogen-bond acceptors (Lipinski definition) is 4.